The van der Waals surface area contributed by atoms with Gasteiger partial charge in [-0.15, -0.1) is 0 Å². The highest BCUT2D eigenvalue weighted by molar-refractivity contribution is 6.07. The Labute approximate surface area is 142 Å². The van der Waals surface area contributed by atoms with E-state index < -0.39 is 0 Å². The van der Waals surface area contributed by atoms with Crippen molar-refractivity contribution in [3.05, 3.63) is 59.7 Å². The van der Waals surface area contributed by atoms with E-state index >= 15 is 0 Å². The van der Waals surface area contributed by atoms with Gasteiger partial charge in [0.05, 0.1) is 13.2 Å². The van der Waals surface area contributed by atoms with Gasteiger partial charge < -0.3 is 21.6 Å². The van der Waals surface area contributed by atoms with Crippen LogP contribution in [0.25, 0.3) is 21.5 Å². The number of halogens is 1. The molecular formula is C20H20ClNO. The molecule has 1 fully saturated rings. The molecule has 2 aliphatic heterocycles. The van der Waals surface area contributed by atoms with E-state index in [2.05, 4.69) is 48.5 Å². The highest BCUT2D eigenvalue weighted by Gasteiger charge is 2.37. The van der Waals surface area contributed by atoms with Crippen LogP contribution in [0.5, 0.6) is 0 Å². The van der Waals surface area contributed by atoms with E-state index in [1.165, 1.54) is 39.1 Å². The fourth-order valence-corrected chi connectivity index (χ4v) is 4.27. The molecule has 2 nitrogen and oxygen atoms in total. The molecule has 0 aliphatic carbocycles. The van der Waals surface area contributed by atoms with E-state index in [9.17, 15) is 0 Å². The summed E-state index contributed by atoms with van der Waals surface area (Å²) in [7, 11) is 0. The van der Waals surface area contributed by atoms with Gasteiger partial charge in [0.25, 0.3) is 0 Å². The molecular weight excluding hydrogens is 306 g/mol. The van der Waals surface area contributed by atoms with Crippen molar-refractivity contribution in [3.63, 3.8) is 0 Å². The molecule has 23 heavy (non-hydrogen) atoms. The van der Waals surface area contributed by atoms with Gasteiger partial charge in [0.15, 0.2) is 0 Å². The highest BCUT2D eigenvalue weighted by Crippen LogP contribution is 2.36. The van der Waals surface area contributed by atoms with E-state index in [0.29, 0.717) is 0 Å². The first-order valence-electron chi connectivity index (χ1n) is 8.19. The Balaban J connectivity index is 0.00000135. The second-order valence-corrected chi connectivity index (χ2v) is 6.85. The van der Waals surface area contributed by atoms with Crippen LogP contribution in [0, 0.1) is 0 Å². The van der Waals surface area contributed by atoms with Crippen molar-refractivity contribution in [1.82, 2.24) is 0 Å². The summed E-state index contributed by atoms with van der Waals surface area (Å²) in [6.45, 7) is 6.50. The van der Waals surface area contributed by atoms with Gasteiger partial charge in [-0.1, -0.05) is 36.4 Å². The molecule has 0 aromatic heterocycles. The van der Waals surface area contributed by atoms with Gasteiger partial charge in [-0.3, -0.25) is 0 Å². The molecule has 0 unspecified atom stereocenters. The molecule has 0 bridgehead atoms. The normalized spacial score (nSPS) is 19.0. The van der Waals surface area contributed by atoms with Crippen LogP contribution in [0.4, 0.5) is 0 Å². The lowest BCUT2D eigenvalue weighted by Crippen LogP contribution is -3.00. The van der Waals surface area contributed by atoms with Crippen LogP contribution in [0.1, 0.15) is 11.1 Å². The van der Waals surface area contributed by atoms with Gasteiger partial charge >= 0.3 is 0 Å². The van der Waals surface area contributed by atoms with Crippen molar-refractivity contribution >= 4 is 21.5 Å². The van der Waals surface area contributed by atoms with Gasteiger partial charge in [0.2, 0.25) is 0 Å². The summed E-state index contributed by atoms with van der Waals surface area (Å²) in [6.07, 6.45) is 0. The zero-order valence-electron chi connectivity index (χ0n) is 13.1. The van der Waals surface area contributed by atoms with Crippen LogP contribution in [-0.4, -0.2) is 30.8 Å². The summed E-state index contributed by atoms with van der Waals surface area (Å²) >= 11 is 0. The number of hydrogen-bond donors (Lipinski definition) is 0. The molecule has 0 amide bonds. The molecule has 2 heterocycles. The fourth-order valence-electron chi connectivity index (χ4n) is 4.27. The number of quaternary nitrogens is 1. The third-order valence-corrected chi connectivity index (χ3v) is 5.50. The summed E-state index contributed by atoms with van der Waals surface area (Å²) in [5.74, 6) is 0. The monoisotopic (exact) mass is 325 g/mol. The summed E-state index contributed by atoms with van der Waals surface area (Å²) in [5, 5.41) is 5.50. The Morgan fingerprint density at radius 1 is 0.739 bits per heavy atom. The van der Waals surface area contributed by atoms with Crippen LogP contribution in [0.2, 0.25) is 0 Å². The van der Waals surface area contributed by atoms with Gasteiger partial charge in [0, 0.05) is 11.1 Å². The highest BCUT2D eigenvalue weighted by atomic mass is 35.5. The summed E-state index contributed by atoms with van der Waals surface area (Å²) in [4.78, 5) is 0. The summed E-state index contributed by atoms with van der Waals surface area (Å²) in [5.41, 5.74) is 3.09. The SMILES string of the molecule is [Cl-].c1ccc2c(c1)ccc1cc3c(cc12)C[N+]1(CCOCC1)C3. The fraction of sp³-hybridized carbons (Fsp3) is 0.300. The second-order valence-electron chi connectivity index (χ2n) is 6.85. The minimum absolute atomic E-state index is 0. The third-order valence-electron chi connectivity index (χ3n) is 5.50. The molecule has 118 valence electrons. The second kappa shape index (κ2) is 5.48. The molecule has 2 aliphatic rings. The number of rotatable bonds is 0. The van der Waals surface area contributed by atoms with Crippen LogP contribution in [-0.2, 0) is 17.8 Å². The topological polar surface area (TPSA) is 9.23 Å². The van der Waals surface area contributed by atoms with Gasteiger partial charge in [-0.05, 0) is 33.7 Å². The van der Waals surface area contributed by atoms with E-state index in [-0.39, 0.29) is 12.4 Å². The van der Waals surface area contributed by atoms with E-state index in [1.807, 2.05) is 0 Å². The number of ether oxygens (including phenoxy) is 1. The Kier molecular flexibility index (Phi) is 3.56. The van der Waals surface area contributed by atoms with Crippen LogP contribution in [0.15, 0.2) is 48.5 Å². The van der Waals surface area contributed by atoms with Crippen molar-refractivity contribution in [2.45, 2.75) is 13.1 Å². The average molecular weight is 326 g/mol. The lowest BCUT2D eigenvalue weighted by Gasteiger charge is -2.37. The average Bonchev–Trinajstić information content (AvgIpc) is 2.89. The molecule has 0 saturated carbocycles. The maximum absolute atomic E-state index is 5.57. The minimum atomic E-state index is 0. The van der Waals surface area contributed by atoms with E-state index in [0.717, 1.165) is 26.3 Å². The molecule has 0 atom stereocenters. The third kappa shape index (κ3) is 2.33. The molecule has 1 saturated heterocycles. The maximum Gasteiger partial charge on any atom is 0.105 e. The predicted octanol–water partition coefficient (Wildman–Crippen LogP) is 0.858. The molecule has 3 aromatic rings. The van der Waals surface area contributed by atoms with Crippen LogP contribution in [0.3, 0.4) is 0 Å². The summed E-state index contributed by atoms with van der Waals surface area (Å²) in [6, 6.07) is 18.1. The van der Waals surface area contributed by atoms with Crippen molar-refractivity contribution in [2.24, 2.45) is 0 Å². The lowest BCUT2D eigenvalue weighted by molar-refractivity contribution is -0.953. The molecule has 0 radical (unpaired) electrons. The Morgan fingerprint density at radius 2 is 1.43 bits per heavy atom. The number of benzene rings is 3. The van der Waals surface area contributed by atoms with Crippen molar-refractivity contribution in [3.8, 4) is 0 Å². The smallest absolute Gasteiger partial charge is 0.105 e. The first kappa shape index (κ1) is 14.9. The van der Waals surface area contributed by atoms with Gasteiger partial charge in [-0.25, -0.2) is 0 Å². The maximum atomic E-state index is 5.57. The Hall–Kier alpha value is -1.61. The molecule has 0 N–H and O–H groups in total. The Bertz CT molecular complexity index is 883. The minimum Gasteiger partial charge on any atom is -1.00 e. The van der Waals surface area contributed by atoms with Gasteiger partial charge in [0.1, 0.15) is 26.2 Å². The van der Waals surface area contributed by atoms with Gasteiger partial charge in [-0.2, -0.15) is 0 Å². The zero-order chi connectivity index (χ0) is 14.6. The first-order chi connectivity index (χ1) is 10.8. The molecule has 3 aromatic carbocycles. The van der Waals surface area contributed by atoms with E-state index in [4.69, 9.17) is 4.74 Å². The molecule has 5 rings (SSSR count). The number of fused-ring (bicyclic) bond motifs is 4. The lowest BCUT2D eigenvalue weighted by atomic mass is 9.98. The molecule has 3 heteroatoms. The largest absolute Gasteiger partial charge is 1.00 e. The van der Waals surface area contributed by atoms with Crippen molar-refractivity contribution in [1.29, 1.82) is 0 Å². The quantitative estimate of drug-likeness (QED) is 0.440. The van der Waals surface area contributed by atoms with Crippen molar-refractivity contribution < 1.29 is 21.6 Å². The summed E-state index contributed by atoms with van der Waals surface area (Å²) < 4.78 is 6.77. The number of nitrogens with zero attached hydrogens (tertiary/aromatic N) is 1. The van der Waals surface area contributed by atoms with Crippen LogP contribution >= 0.6 is 0 Å². The first-order valence-corrected chi connectivity index (χ1v) is 8.19. The number of hydrogen-bond acceptors (Lipinski definition) is 1. The predicted molar refractivity (Wildman–Crippen MR) is 89.7 cm³/mol. The Morgan fingerprint density at radius 3 is 2.26 bits per heavy atom. The van der Waals surface area contributed by atoms with Crippen molar-refractivity contribution in [2.75, 3.05) is 26.3 Å². The molecule has 1 spiro atoms. The van der Waals surface area contributed by atoms with E-state index in [1.54, 1.807) is 11.1 Å². The standard InChI is InChI=1S/C20H20NO.ClH/c1-2-4-19-15(3-1)5-6-16-11-17-13-21(7-9-22-10-8-21)14-18(17)12-20(16)19;/h1-6,11-12H,7-10,13-14H2;1H/q+1;/p-1. The zero-order valence-corrected chi connectivity index (χ0v) is 13.9. The number of morpholine rings is 1. The van der Waals surface area contributed by atoms with Crippen LogP contribution < -0.4 is 12.4 Å².